The molecular formula is C37H25N3OS. The molecule has 0 saturated carbocycles. The van der Waals surface area contributed by atoms with Gasteiger partial charge in [-0.1, -0.05) is 72.4 Å². The minimum absolute atomic E-state index is 0.829. The monoisotopic (exact) mass is 559 g/mol. The number of rotatable bonds is 2. The lowest BCUT2D eigenvalue weighted by molar-refractivity contribution is 0.481. The van der Waals surface area contributed by atoms with Crippen LogP contribution in [0.1, 0.15) is 11.1 Å². The van der Waals surface area contributed by atoms with Crippen LogP contribution in [0.25, 0.3) is 22.3 Å². The van der Waals surface area contributed by atoms with Crippen LogP contribution in [0.15, 0.2) is 131 Å². The lowest BCUT2D eigenvalue weighted by atomic mass is 9.94. The summed E-state index contributed by atoms with van der Waals surface area (Å²) in [5.41, 5.74) is 13.9. The van der Waals surface area contributed by atoms with E-state index in [0.717, 1.165) is 51.8 Å². The molecule has 200 valence electrons. The van der Waals surface area contributed by atoms with E-state index in [0.29, 0.717) is 0 Å². The fraction of sp³-hybridized carbons (Fsp3) is 0.0270. The third-order valence-electron chi connectivity index (χ3n) is 8.25. The summed E-state index contributed by atoms with van der Waals surface area (Å²) in [7, 11) is 0. The van der Waals surface area contributed by atoms with Gasteiger partial charge in [-0.25, -0.2) is 0 Å². The van der Waals surface area contributed by atoms with Crippen molar-refractivity contribution in [1.82, 2.24) is 0 Å². The Morgan fingerprint density at radius 2 is 1.05 bits per heavy atom. The summed E-state index contributed by atoms with van der Waals surface area (Å²) in [5, 5.41) is 10.8. The Morgan fingerprint density at radius 1 is 0.429 bits per heavy atom. The second-order valence-corrected chi connectivity index (χ2v) is 12.0. The first-order valence-electron chi connectivity index (χ1n) is 14.1. The number of ether oxygens (including phenoxy) is 1. The van der Waals surface area contributed by atoms with Crippen molar-refractivity contribution >= 4 is 45.9 Å². The molecule has 9 rings (SSSR count). The lowest BCUT2D eigenvalue weighted by Gasteiger charge is -2.24. The molecule has 0 bridgehead atoms. The summed E-state index contributed by atoms with van der Waals surface area (Å²) >= 11 is 1.80. The van der Waals surface area contributed by atoms with Gasteiger partial charge in [-0.05, 0) is 94.0 Å². The van der Waals surface area contributed by atoms with Crippen LogP contribution < -0.4 is 20.7 Å². The van der Waals surface area contributed by atoms with Gasteiger partial charge in [0.25, 0.3) is 0 Å². The van der Waals surface area contributed by atoms with E-state index in [4.69, 9.17) is 4.74 Å². The molecule has 0 aromatic heterocycles. The van der Waals surface area contributed by atoms with Gasteiger partial charge in [0.05, 0.1) is 22.7 Å². The largest absolute Gasteiger partial charge is 0.453 e. The average Bonchev–Trinajstić information content (AvgIpc) is 3.04. The van der Waals surface area contributed by atoms with E-state index in [1.807, 2.05) is 0 Å². The predicted molar refractivity (Wildman–Crippen MR) is 173 cm³/mol. The van der Waals surface area contributed by atoms with Crippen LogP contribution in [-0.2, 0) is 6.42 Å². The highest BCUT2D eigenvalue weighted by molar-refractivity contribution is 7.99. The minimum atomic E-state index is 0.829. The molecule has 5 heteroatoms. The molecule has 0 unspecified atom stereocenters. The van der Waals surface area contributed by atoms with E-state index in [9.17, 15) is 0 Å². The number of fused-ring (bicyclic) bond motifs is 6. The van der Waals surface area contributed by atoms with Gasteiger partial charge in [-0.15, -0.1) is 0 Å². The zero-order valence-electron chi connectivity index (χ0n) is 22.6. The zero-order chi connectivity index (χ0) is 27.6. The van der Waals surface area contributed by atoms with E-state index >= 15 is 0 Å². The normalized spacial score (nSPS) is 13.3. The molecular weight excluding hydrogens is 534 g/mol. The molecule has 0 spiro atoms. The number of hydrogen-bond donors (Lipinski definition) is 3. The van der Waals surface area contributed by atoms with Crippen molar-refractivity contribution in [2.45, 2.75) is 16.2 Å². The van der Waals surface area contributed by atoms with Crippen molar-refractivity contribution in [3.05, 3.63) is 132 Å². The summed E-state index contributed by atoms with van der Waals surface area (Å²) in [5.74, 6) is 1.66. The van der Waals surface area contributed by atoms with Gasteiger partial charge in [0, 0.05) is 27.6 Å². The average molecular weight is 560 g/mol. The van der Waals surface area contributed by atoms with Crippen molar-refractivity contribution in [3.8, 4) is 33.8 Å². The third kappa shape index (κ3) is 3.93. The molecule has 3 aliphatic rings. The third-order valence-corrected chi connectivity index (χ3v) is 9.39. The summed E-state index contributed by atoms with van der Waals surface area (Å²) in [6.07, 6.45) is 0.951. The molecule has 0 atom stereocenters. The van der Waals surface area contributed by atoms with Gasteiger partial charge in [0.1, 0.15) is 0 Å². The molecule has 0 radical (unpaired) electrons. The van der Waals surface area contributed by atoms with Crippen molar-refractivity contribution in [3.63, 3.8) is 0 Å². The highest BCUT2D eigenvalue weighted by Crippen LogP contribution is 2.48. The lowest BCUT2D eigenvalue weighted by Crippen LogP contribution is -2.06. The van der Waals surface area contributed by atoms with E-state index in [1.54, 1.807) is 11.8 Å². The number of benzene rings is 6. The molecule has 6 aromatic rings. The Labute approximate surface area is 248 Å². The molecule has 4 nitrogen and oxygen atoms in total. The fourth-order valence-corrected chi connectivity index (χ4v) is 7.06. The van der Waals surface area contributed by atoms with E-state index in [2.05, 4.69) is 137 Å². The maximum atomic E-state index is 6.43. The van der Waals surface area contributed by atoms with Gasteiger partial charge in [-0.3, -0.25) is 0 Å². The van der Waals surface area contributed by atoms with Gasteiger partial charge in [-0.2, -0.15) is 0 Å². The standard InChI is InChI=1S/C37H25N3OS/c1-2-6-28-26(5-1)17-27-10-9-22(18-32(27)38-28)23-13-16-34-33(19-23)39-29-14-11-24(20-35(29)41-34)25-12-15-31-37(21-25)42-36-8-4-3-7-30(36)40-31/h1-16,18-21,38-40H,17H2. The maximum Gasteiger partial charge on any atom is 0.151 e. The summed E-state index contributed by atoms with van der Waals surface area (Å²) < 4.78 is 6.43. The molecule has 0 amide bonds. The van der Waals surface area contributed by atoms with Crippen molar-refractivity contribution < 1.29 is 4.74 Å². The van der Waals surface area contributed by atoms with Crippen LogP contribution in [0.4, 0.5) is 34.1 Å². The van der Waals surface area contributed by atoms with E-state index in [-0.39, 0.29) is 0 Å². The Morgan fingerprint density at radius 3 is 1.98 bits per heavy atom. The molecule has 0 saturated heterocycles. The highest BCUT2D eigenvalue weighted by Gasteiger charge is 2.21. The SMILES string of the molecule is c1ccc2c(c1)Cc1ccc(-c3ccc4c(c3)Nc3ccc(-c5ccc6c(c5)Sc5ccccc5N6)cc3O4)cc1N2. The first kappa shape index (κ1) is 23.6. The first-order valence-corrected chi connectivity index (χ1v) is 14.9. The van der Waals surface area contributed by atoms with E-state index in [1.165, 1.54) is 43.4 Å². The second-order valence-electron chi connectivity index (χ2n) is 10.9. The van der Waals surface area contributed by atoms with Crippen molar-refractivity contribution in [2.24, 2.45) is 0 Å². The molecule has 3 aliphatic heterocycles. The van der Waals surface area contributed by atoms with Crippen LogP contribution >= 0.6 is 11.8 Å². The number of hydrogen-bond acceptors (Lipinski definition) is 5. The number of anilines is 6. The topological polar surface area (TPSA) is 45.3 Å². The highest BCUT2D eigenvalue weighted by atomic mass is 32.2. The van der Waals surface area contributed by atoms with Crippen LogP contribution in [0.3, 0.4) is 0 Å². The minimum Gasteiger partial charge on any atom is -0.453 e. The van der Waals surface area contributed by atoms with Crippen LogP contribution in [0.2, 0.25) is 0 Å². The quantitative estimate of drug-likeness (QED) is 0.197. The second kappa shape index (κ2) is 9.20. The predicted octanol–water partition coefficient (Wildman–Crippen LogP) is 10.7. The van der Waals surface area contributed by atoms with Crippen molar-refractivity contribution in [1.29, 1.82) is 0 Å². The van der Waals surface area contributed by atoms with Crippen LogP contribution in [-0.4, -0.2) is 0 Å². The van der Waals surface area contributed by atoms with Gasteiger partial charge in [0.15, 0.2) is 11.5 Å². The summed E-state index contributed by atoms with van der Waals surface area (Å²) in [6, 6.07) is 43.0. The molecule has 3 heterocycles. The van der Waals surface area contributed by atoms with Crippen LogP contribution in [0, 0.1) is 0 Å². The number of nitrogens with one attached hydrogen (secondary N) is 3. The Balaban J connectivity index is 0.981. The summed E-state index contributed by atoms with van der Waals surface area (Å²) in [4.78, 5) is 2.47. The molecule has 42 heavy (non-hydrogen) atoms. The van der Waals surface area contributed by atoms with E-state index < -0.39 is 0 Å². The van der Waals surface area contributed by atoms with Gasteiger partial charge < -0.3 is 20.7 Å². The fourth-order valence-electron chi connectivity index (χ4n) is 6.03. The molecule has 0 aliphatic carbocycles. The van der Waals surface area contributed by atoms with Gasteiger partial charge in [0.2, 0.25) is 0 Å². The van der Waals surface area contributed by atoms with Crippen LogP contribution in [0.5, 0.6) is 11.5 Å². The Bertz CT molecular complexity index is 1920. The Hall–Kier alpha value is -5.13. The smallest absolute Gasteiger partial charge is 0.151 e. The van der Waals surface area contributed by atoms with Crippen molar-refractivity contribution in [2.75, 3.05) is 16.0 Å². The summed E-state index contributed by atoms with van der Waals surface area (Å²) in [6.45, 7) is 0. The molecule has 6 aromatic carbocycles. The van der Waals surface area contributed by atoms with Gasteiger partial charge >= 0.3 is 0 Å². The molecule has 0 fully saturated rings. The zero-order valence-corrected chi connectivity index (χ0v) is 23.4. The number of para-hydroxylation sites is 2. The Kier molecular flexibility index (Phi) is 5.16. The first-order chi connectivity index (χ1) is 20.7. The maximum absolute atomic E-state index is 6.43. The molecule has 3 N–H and O–H groups in total.